The summed E-state index contributed by atoms with van der Waals surface area (Å²) in [6.45, 7) is 2.74. The largest absolute Gasteiger partial charge is 0.492 e. The van der Waals surface area contributed by atoms with Crippen LogP contribution in [0.5, 0.6) is 5.75 Å². The maximum atomic E-state index is 11.4. The first-order valence-electron chi connectivity index (χ1n) is 5.17. The molecule has 3 N–H and O–H groups in total. The number of H-pyrrole nitrogens is 1. The van der Waals surface area contributed by atoms with Crippen LogP contribution in [0.1, 0.15) is 5.56 Å². The lowest BCUT2D eigenvalue weighted by molar-refractivity contribution is 0.328. The maximum absolute atomic E-state index is 11.4. The molecule has 2 aromatic rings. The van der Waals surface area contributed by atoms with Crippen LogP contribution in [0.4, 0.5) is 0 Å². The van der Waals surface area contributed by atoms with Crippen molar-refractivity contribution in [2.24, 2.45) is 5.73 Å². The van der Waals surface area contributed by atoms with E-state index in [9.17, 15) is 4.79 Å². The molecule has 2 rings (SSSR count). The number of aromatic nitrogens is 1. The fraction of sp³-hybridized carbons (Fsp3) is 0.250. The minimum absolute atomic E-state index is 0.0662. The van der Waals surface area contributed by atoms with Gasteiger partial charge < -0.3 is 15.5 Å². The number of ether oxygens (including phenoxy) is 1. The number of aryl methyl sites for hydroxylation is 1. The highest BCUT2D eigenvalue weighted by Gasteiger charge is 2.00. The smallest absolute Gasteiger partial charge is 0.251 e. The van der Waals surface area contributed by atoms with Crippen LogP contribution in [0.3, 0.4) is 0 Å². The Balaban J connectivity index is 2.45. The van der Waals surface area contributed by atoms with Crippen molar-refractivity contribution in [2.75, 3.05) is 13.2 Å². The highest BCUT2D eigenvalue weighted by atomic mass is 16.5. The number of fused-ring (bicyclic) bond motifs is 1. The van der Waals surface area contributed by atoms with E-state index in [1.807, 2.05) is 24.3 Å². The Morgan fingerprint density at radius 3 is 2.94 bits per heavy atom. The molecule has 0 spiro atoms. The van der Waals surface area contributed by atoms with Gasteiger partial charge in [0.15, 0.2) is 0 Å². The summed E-state index contributed by atoms with van der Waals surface area (Å²) in [5, 5.41) is 0.997. The molecule has 1 heterocycles. The van der Waals surface area contributed by atoms with Crippen molar-refractivity contribution in [1.82, 2.24) is 4.98 Å². The van der Waals surface area contributed by atoms with E-state index < -0.39 is 0 Å². The van der Waals surface area contributed by atoms with E-state index in [2.05, 4.69) is 4.98 Å². The van der Waals surface area contributed by atoms with E-state index in [0.717, 1.165) is 16.7 Å². The van der Waals surface area contributed by atoms with Gasteiger partial charge in [-0.15, -0.1) is 0 Å². The van der Waals surface area contributed by atoms with Crippen LogP contribution < -0.4 is 16.0 Å². The van der Waals surface area contributed by atoms with Gasteiger partial charge in [0.2, 0.25) is 0 Å². The predicted octanol–water partition coefficient (Wildman–Crippen LogP) is 1.17. The zero-order valence-electron chi connectivity index (χ0n) is 9.12. The summed E-state index contributed by atoms with van der Waals surface area (Å²) in [5.41, 5.74) is 6.78. The lowest BCUT2D eigenvalue weighted by Crippen LogP contribution is -2.11. The number of aromatic amines is 1. The van der Waals surface area contributed by atoms with Crippen LogP contribution >= 0.6 is 0 Å². The minimum Gasteiger partial charge on any atom is -0.492 e. The van der Waals surface area contributed by atoms with Gasteiger partial charge in [-0.25, -0.2) is 0 Å². The van der Waals surface area contributed by atoms with Crippen LogP contribution in [-0.2, 0) is 0 Å². The highest BCUT2D eigenvalue weighted by Crippen LogP contribution is 2.18. The molecule has 0 aliphatic carbocycles. The second-order valence-corrected chi connectivity index (χ2v) is 3.67. The SMILES string of the molecule is Cc1cc2ccc(OCCN)cc2[nH]c1=O. The molecule has 0 aliphatic rings. The van der Waals surface area contributed by atoms with Crippen molar-refractivity contribution < 1.29 is 4.74 Å². The number of nitrogens with one attached hydrogen (secondary N) is 1. The van der Waals surface area contributed by atoms with Crippen molar-refractivity contribution in [2.45, 2.75) is 6.92 Å². The normalized spacial score (nSPS) is 10.6. The van der Waals surface area contributed by atoms with E-state index in [-0.39, 0.29) is 5.56 Å². The third-order valence-corrected chi connectivity index (χ3v) is 2.39. The summed E-state index contributed by atoms with van der Waals surface area (Å²) in [7, 11) is 0. The zero-order chi connectivity index (χ0) is 11.5. The third kappa shape index (κ3) is 2.06. The lowest BCUT2D eigenvalue weighted by atomic mass is 10.1. The average Bonchev–Trinajstić information content (AvgIpc) is 2.28. The van der Waals surface area contributed by atoms with Crippen LogP contribution in [0.15, 0.2) is 29.1 Å². The van der Waals surface area contributed by atoms with Crippen molar-refractivity contribution in [3.05, 3.63) is 40.2 Å². The molecule has 0 unspecified atom stereocenters. The van der Waals surface area contributed by atoms with E-state index in [1.54, 1.807) is 6.92 Å². The zero-order valence-corrected chi connectivity index (χ0v) is 9.12. The van der Waals surface area contributed by atoms with Gasteiger partial charge in [0.05, 0.1) is 5.52 Å². The van der Waals surface area contributed by atoms with Gasteiger partial charge in [0.1, 0.15) is 12.4 Å². The molecule has 0 atom stereocenters. The second-order valence-electron chi connectivity index (χ2n) is 3.67. The first-order valence-corrected chi connectivity index (χ1v) is 5.17. The highest BCUT2D eigenvalue weighted by molar-refractivity contribution is 5.80. The van der Waals surface area contributed by atoms with Gasteiger partial charge in [-0.2, -0.15) is 0 Å². The molecule has 0 fully saturated rings. The first kappa shape index (κ1) is 10.7. The topological polar surface area (TPSA) is 68.1 Å². The molecule has 0 radical (unpaired) electrons. The number of nitrogens with two attached hydrogens (primary N) is 1. The lowest BCUT2D eigenvalue weighted by Gasteiger charge is -2.06. The number of hydrogen-bond donors (Lipinski definition) is 2. The summed E-state index contributed by atoms with van der Waals surface area (Å²) < 4.78 is 5.39. The van der Waals surface area contributed by atoms with Crippen molar-refractivity contribution in [3.8, 4) is 5.75 Å². The molecular formula is C12H14N2O2. The fourth-order valence-electron chi connectivity index (χ4n) is 1.56. The molecule has 84 valence electrons. The maximum Gasteiger partial charge on any atom is 0.251 e. The molecule has 4 nitrogen and oxygen atoms in total. The second kappa shape index (κ2) is 4.37. The summed E-state index contributed by atoms with van der Waals surface area (Å²) in [4.78, 5) is 14.2. The van der Waals surface area contributed by atoms with Crippen molar-refractivity contribution >= 4 is 10.9 Å². The summed E-state index contributed by atoms with van der Waals surface area (Å²) in [5.74, 6) is 0.720. The first-order chi connectivity index (χ1) is 7.70. The molecule has 1 aromatic heterocycles. The quantitative estimate of drug-likeness (QED) is 0.812. The van der Waals surface area contributed by atoms with Gasteiger partial charge in [-0.1, -0.05) is 0 Å². The molecule has 0 amide bonds. The van der Waals surface area contributed by atoms with Gasteiger partial charge in [0.25, 0.3) is 5.56 Å². The Morgan fingerprint density at radius 1 is 1.38 bits per heavy atom. The third-order valence-electron chi connectivity index (χ3n) is 2.39. The summed E-state index contributed by atoms with van der Waals surface area (Å²) >= 11 is 0. The molecule has 4 heteroatoms. The standard InChI is InChI=1S/C12H14N2O2/c1-8-6-9-2-3-10(16-5-4-13)7-11(9)14-12(8)15/h2-3,6-7H,4-5,13H2,1H3,(H,14,15). The Labute approximate surface area is 93.0 Å². The van der Waals surface area contributed by atoms with Crippen LogP contribution in [0.25, 0.3) is 10.9 Å². The molecule has 0 saturated carbocycles. The molecular weight excluding hydrogens is 204 g/mol. The Morgan fingerprint density at radius 2 is 2.19 bits per heavy atom. The van der Waals surface area contributed by atoms with Gasteiger partial charge >= 0.3 is 0 Å². The van der Waals surface area contributed by atoms with Crippen molar-refractivity contribution in [1.29, 1.82) is 0 Å². The molecule has 0 bridgehead atoms. The molecule has 1 aromatic carbocycles. The van der Waals surface area contributed by atoms with Gasteiger partial charge in [-0.05, 0) is 30.5 Å². The number of pyridine rings is 1. The monoisotopic (exact) mass is 218 g/mol. The number of rotatable bonds is 3. The fourth-order valence-corrected chi connectivity index (χ4v) is 1.56. The van der Waals surface area contributed by atoms with Crippen molar-refractivity contribution in [3.63, 3.8) is 0 Å². The Hall–Kier alpha value is -1.81. The summed E-state index contributed by atoms with van der Waals surface area (Å²) in [6.07, 6.45) is 0. The molecule has 16 heavy (non-hydrogen) atoms. The van der Waals surface area contributed by atoms with E-state index in [0.29, 0.717) is 18.7 Å². The van der Waals surface area contributed by atoms with E-state index in [1.165, 1.54) is 0 Å². The minimum atomic E-state index is -0.0662. The number of hydrogen-bond acceptors (Lipinski definition) is 3. The van der Waals surface area contributed by atoms with Crippen LogP contribution in [0, 0.1) is 6.92 Å². The summed E-state index contributed by atoms with van der Waals surface area (Å²) in [6, 6.07) is 7.46. The van der Waals surface area contributed by atoms with Gasteiger partial charge in [-0.3, -0.25) is 4.79 Å². The van der Waals surface area contributed by atoms with E-state index in [4.69, 9.17) is 10.5 Å². The van der Waals surface area contributed by atoms with Crippen LogP contribution in [-0.4, -0.2) is 18.1 Å². The molecule has 0 saturated heterocycles. The Bertz CT molecular complexity index is 560. The Kier molecular flexibility index (Phi) is 2.92. The van der Waals surface area contributed by atoms with Gasteiger partial charge in [0, 0.05) is 18.2 Å². The average molecular weight is 218 g/mol. The van der Waals surface area contributed by atoms with Crippen LogP contribution in [0.2, 0.25) is 0 Å². The number of benzene rings is 1. The predicted molar refractivity (Wildman–Crippen MR) is 63.9 cm³/mol. The van der Waals surface area contributed by atoms with E-state index >= 15 is 0 Å². The molecule has 0 aliphatic heterocycles.